The van der Waals surface area contributed by atoms with E-state index in [2.05, 4.69) is 12.3 Å². The molecule has 1 aromatic rings. The molecule has 3 nitrogen and oxygen atoms in total. The minimum Gasteiger partial charge on any atom is -0.377 e. The van der Waals surface area contributed by atoms with Crippen molar-refractivity contribution in [2.24, 2.45) is 5.84 Å². The SMILES string of the molecule is CCCC(OCC)C(Cc1cc(Cl)ccc1F)NN. The van der Waals surface area contributed by atoms with Crippen LogP contribution < -0.4 is 11.3 Å². The predicted molar refractivity (Wildman–Crippen MR) is 76.5 cm³/mol. The summed E-state index contributed by atoms with van der Waals surface area (Å²) in [6, 6.07) is 4.42. The molecule has 0 aromatic heterocycles. The fourth-order valence-electron chi connectivity index (χ4n) is 2.13. The quantitative estimate of drug-likeness (QED) is 0.571. The van der Waals surface area contributed by atoms with Crippen LogP contribution in [0.15, 0.2) is 18.2 Å². The van der Waals surface area contributed by atoms with Gasteiger partial charge in [-0.3, -0.25) is 11.3 Å². The molecule has 0 aliphatic carbocycles. The molecule has 2 unspecified atom stereocenters. The summed E-state index contributed by atoms with van der Waals surface area (Å²) < 4.78 is 19.4. The van der Waals surface area contributed by atoms with Gasteiger partial charge in [-0.1, -0.05) is 24.9 Å². The molecule has 19 heavy (non-hydrogen) atoms. The van der Waals surface area contributed by atoms with Crippen LogP contribution in [-0.2, 0) is 11.2 Å². The fraction of sp³-hybridized carbons (Fsp3) is 0.571. The first-order chi connectivity index (χ1) is 9.12. The number of ether oxygens (including phenoxy) is 1. The van der Waals surface area contributed by atoms with Gasteiger partial charge in [0.2, 0.25) is 0 Å². The zero-order valence-electron chi connectivity index (χ0n) is 11.5. The summed E-state index contributed by atoms with van der Waals surface area (Å²) in [5.41, 5.74) is 3.28. The molecule has 0 amide bonds. The minimum atomic E-state index is -0.267. The van der Waals surface area contributed by atoms with Crippen molar-refractivity contribution in [1.82, 2.24) is 5.43 Å². The second-order valence-electron chi connectivity index (χ2n) is 4.50. The third kappa shape index (κ3) is 5.07. The van der Waals surface area contributed by atoms with Gasteiger partial charge in [-0.2, -0.15) is 0 Å². The van der Waals surface area contributed by atoms with E-state index in [9.17, 15) is 4.39 Å². The second-order valence-corrected chi connectivity index (χ2v) is 4.93. The van der Waals surface area contributed by atoms with Crippen LogP contribution in [-0.4, -0.2) is 18.8 Å². The minimum absolute atomic E-state index is 0.0293. The van der Waals surface area contributed by atoms with E-state index >= 15 is 0 Å². The van der Waals surface area contributed by atoms with E-state index < -0.39 is 0 Å². The van der Waals surface area contributed by atoms with Crippen LogP contribution >= 0.6 is 11.6 Å². The van der Waals surface area contributed by atoms with Gasteiger partial charge in [-0.25, -0.2) is 4.39 Å². The first-order valence-corrected chi connectivity index (χ1v) is 7.01. The average Bonchev–Trinajstić information content (AvgIpc) is 2.39. The molecule has 0 fully saturated rings. The van der Waals surface area contributed by atoms with Crippen LogP contribution in [0.5, 0.6) is 0 Å². The van der Waals surface area contributed by atoms with E-state index in [0.29, 0.717) is 23.6 Å². The van der Waals surface area contributed by atoms with Crippen LogP contribution in [0.2, 0.25) is 5.02 Å². The Labute approximate surface area is 119 Å². The molecular weight excluding hydrogens is 267 g/mol. The van der Waals surface area contributed by atoms with E-state index in [1.807, 2.05) is 6.92 Å². The standard InChI is InChI=1S/C14H22ClFN2O/c1-3-5-14(19-4-2)13(18-17)9-10-8-11(15)6-7-12(10)16/h6-8,13-14,18H,3-5,9,17H2,1-2H3. The lowest BCUT2D eigenvalue weighted by Crippen LogP contribution is -2.46. The molecule has 0 heterocycles. The van der Waals surface area contributed by atoms with Crippen molar-refractivity contribution in [2.75, 3.05) is 6.61 Å². The number of benzene rings is 1. The molecule has 0 radical (unpaired) electrons. The Kier molecular flexibility index (Phi) is 7.31. The highest BCUT2D eigenvalue weighted by atomic mass is 35.5. The first-order valence-electron chi connectivity index (χ1n) is 6.64. The first kappa shape index (κ1) is 16.4. The molecule has 0 aliphatic heterocycles. The molecule has 5 heteroatoms. The third-order valence-corrected chi connectivity index (χ3v) is 3.30. The molecule has 0 bridgehead atoms. The predicted octanol–water partition coefficient (Wildman–Crippen LogP) is 3.06. The van der Waals surface area contributed by atoms with Crippen LogP contribution in [0, 0.1) is 5.82 Å². The maximum Gasteiger partial charge on any atom is 0.126 e. The number of nitrogens with one attached hydrogen (secondary N) is 1. The molecule has 0 spiro atoms. The lowest BCUT2D eigenvalue weighted by Gasteiger charge is -2.26. The number of halogens is 2. The molecular formula is C14H22ClFN2O. The Morgan fingerprint density at radius 3 is 2.74 bits per heavy atom. The van der Waals surface area contributed by atoms with Gasteiger partial charge in [0, 0.05) is 11.6 Å². The number of hydrogen-bond acceptors (Lipinski definition) is 3. The summed E-state index contributed by atoms with van der Waals surface area (Å²) in [6.07, 6.45) is 2.29. The van der Waals surface area contributed by atoms with E-state index in [4.69, 9.17) is 22.2 Å². The monoisotopic (exact) mass is 288 g/mol. The van der Waals surface area contributed by atoms with Gasteiger partial charge >= 0.3 is 0 Å². The number of rotatable bonds is 8. The second kappa shape index (κ2) is 8.48. The van der Waals surface area contributed by atoms with Gasteiger partial charge in [-0.05, 0) is 43.5 Å². The Morgan fingerprint density at radius 2 is 2.16 bits per heavy atom. The highest BCUT2D eigenvalue weighted by molar-refractivity contribution is 6.30. The normalized spacial score (nSPS) is 14.4. The van der Waals surface area contributed by atoms with Crippen molar-refractivity contribution in [3.63, 3.8) is 0 Å². The van der Waals surface area contributed by atoms with E-state index in [-0.39, 0.29) is 18.0 Å². The van der Waals surface area contributed by atoms with Crippen LogP contribution in [0.3, 0.4) is 0 Å². The van der Waals surface area contributed by atoms with Crippen molar-refractivity contribution in [2.45, 2.75) is 45.3 Å². The molecule has 0 aliphatic rings. The van der Waals surface area contributed by atoms with Gasteiger partial charge in [0.1, 0.15) is 5.82 Å². The molecule has 108 valence electrons. The van der Waals surface area contributed by atoms with Crippen LogP contribution in [0.1, 0.15) is 32.3 Å². The number of hydrogen-bond donors (Lipinski definition) is 2. The van der Waals surface area contributed by atoms with Gasteiger partial charge in [-0.15, -0.1) is 0 Å². The van der Waals surface area contributed by atoms with Gasteiger partial charge in [0.25, 0.3) is 0 Å². The molecule has 0 saturated carbocycles. The average molecular weight is 289 g/mol. The highest BCUT2D eigenvalue weighted by Crippen LogP contribution is 2.19. The largest absolute Gasteiger partial charge is 0.377 e. The fourth-order valence-corrected chi connectivity index (χ4v) is 2.33. The molecule has 1 rings (SSSR count). The lowest BCUT2D eigenvalue weighted by molar-refractivity contribution is 0.0280. The molecule has 3 N–H and O–H groups in total. The van der Waals surface area contributed by atoms with Gasteiger partial charge < -0.3 is 4.74 Å². The summed E-state index contributed by atoms with van der Waals surface area (Å²) in [5.74, 6) is 5.32. The van der Waals surface area contributed by atoms with Crippen molar-refractivity contribution in [3.8, 4) is 0 Å². The summed E-state index contributed by atoms with van der Waals surface area (Å²) >= 11 is 5.90. The smallest absolute Gasteiger partial charge is 0.126 e. The summed E-state index contributed by atoms with van der Waals surface area (Å²) in [7, 11) is 0. The Balaban J connectivity index is 2.81. The zero-order chi connectivity index (χ0) is 14.3. The van der Waals surface area contributed by atoms with E-state index in [1.165, 1.54) is 12.1 Å². The Morgan fingerprint density at radius 1 is 1.42 bits per heavy atom. The topological polar surface area (TPSA) is 47.3 Å². The van der Waals surface area contributed by atoms with Gasteiger partial charge in [0.15, 0.2) is 0 Å². The summed E-state index contributed by atoms with van der Waals surface area (Å²) in [5, 5.41) is 0.524. The number of hydrazine groups is 1. The van der Waals surface area contributed by atoms with Crippen molar-refractivity contribution >= 4 is 11.6 Å². The van der Waals surface area contributed by atoms with Crippen LogP contribution in [0.4, 0.5) is 4.39 Å². The number of nitrogens with two attached hydrogens (primary N) is 1. The Bertz CT molecular complexity index is 384. The molecule has 0 saturated heterocycles. The van der Waals surface area contributed by atoms with E-state index in [0.717, 1.165) is 12.8 Å². The van der Waals surface area contributed by atoms with E-state index in [1.54, 1.807) is 6.07 Å². The third-order valence-electron chi connectivity index (χ3n) is 3.06. The lowest BCUT2D eigenvalue weighted by atomic mass is 9.98. The maximum atomic E-state index is 13.7. The summed E-state index contributed by atoms with van der Waals surface area (Å²) in [4.78, 5) is 0. The Hall–Kier alpha value is -0.680. The zero-order valence-corrected chi connectivity index (χ0v) is 12.2. The van der Waals surface area contributed by atoms with Crippen molar-refractivity contribution < 1.29 is 9.13 Å². The van der Waals surface area contributed by atoms with Crippen molar-refractivity contribution in [1.29, 1.82) is 0 Å². The van der Waals surface area contributed by atoms with Crippen molar-refractivity contribution in [3.05, 3.63) is 34.6 Å². The summed E-state index contributed by atoms with van der Waals surface area (Å²) in [6.45, 7) is 4.64. The maximum absolute atomic E-state index is 13.7. The van der Waals surface area contributed by atoms with Crippen LogP contribution in [0.25, 0.3) is 0 Å². The highest BCUT2D eigenvalue weighted by Gasteiger charge is 2.21. The van der Waals surface area contributed by atoms with Gasteiger partial charge in [0.05, 0.1) is 12.1 Å². The molecule has 1 aromatic carbocycles. The molecule has 2 atom stereocenters.